The molecule has 1 aliphatic rings. The quantitative estimate of drug-likeness (QED) is 0.548. The van der Waals surface area contributed by atoms with Crippen molar-refractivity contribution in [2.24, 2.45) is 4.99 Å². The summed E-state index contributed by atoms with van der Waals surface area (Å²) in [6, 6.07) is 21.2. The van der Waals surface area contributed by atoms with Crippen LogP contribution in [0.1, 0.15) is 42.2 Å². The lowest BCUT2D eigenvalue weighted by Gasteiger charge is -2.31. The molecular formula is C26H28N2O4. The molecule has 0 spiro atoms. The number of phenols is 1. The van der Waals surface area contributed by atoms with Crippen molar-refractivity contribution in [3.8, 4) is 23.0 Å². The summed E-state index contributed by atoms with van der Waals surface area (Å²) < 4.78 is 16.3. The van der Waals surface area contributed by atoms with Crippen molar-refractivity contribution in [3.63, 3.8) is 0 Å². The first-order chi connectivity index (χ1) is 15.6. The lowest BCUT2D eigenvalue weighted by molar-refractivity contribution is 0.313. The third kappa shape index (κ3) is 4.55. The van der Waals surface area contributed by atoms with Crippen molar-refractivity contribution in [2.75, 3.05) is 20.8 Å². The minimum atomic E-state index is -0.295. The monoisotopic (exact) mass is 432 g/mol. The Balaban J connectivity index is 1.75. The smallest absolute Gasteiger partial charge is 0.162 e. The number of benzene rings is 3. The van der Waals surface area contributed by atoms with E-state index in [9.17, 15) is 5.11 Å². The molecular weight excluding hydrogens is 404 g/mol. The predicted octanol–water partition coefficient (Wildman–Crippen LogP) is 5.03. The van der Waals surface area contributed by atoms with Crippen molar-refractivity contribution in [1.82, 2.24) is 5.32 Å². The van der Waals surface area contributed by atoms with Gasteiger partial charge in [-0.15, -0.1) is 0 Å². The highest BCUT2D eigenvalue weighted by molar-refractivity contribution is 6.01. The Bertz CT molecular complexity index is 1100. The first-order valence-corrected chi connectivity index (χ1v) is 10.7. The third-order valence-corrected chi connectivity index (χ3v) is 5.58. The van der Waals surface area contributed by atoms with Gasteiger partial charge in [0.2, 0.25) is 0 Å². The molecule has 2 N–H and O–H groups in total. The van der Waals surface area contributed by atoms with Gasteiger partial charge in [0.15, 0.2) is 11.5 Å². The summed E-state index contributed by atoms with van der Waals surface area (Å²) >= 11 is 0. The molecule has 6 heteroatoms. The highest BCUT2D eigenvalue weighted by atomic mass is 16.5. The average Bonchev–Trinajstić information content (AvgIpc) is 2.85. The highest BCUT2D eigenvalue weighted by Crippen LogP contribution is 2.39. The second kappa shape index (κ2) is 9.75. The molecule has 166 valence electrons. The zero-order valence-electron chi connectivity index (χ0n) is 18.5. The molecule has 0 aromatic heterocycles. The number of nitrogens with one attached hydrogen (secondary N) is 1. The van der Waals surface area contributed by atoms with E-state index in [1.165, 1.54) is 0 Å². The number of methoxy groups -OCH3 is 2. The zero-order chi connectivity index (χ0) is 22.5. The Hall–Kier alpha value is -3.51. The third-order valence-electron chi connectivity index (χ3n) is 5.58. The van der Waals surface area contributed by atoms with E-state index in [0.29, 0.717) is 18.8 Å². The molecule has 6 nitrogen and oxygen atoms in total. The molecule has 4 rings (SSSR count). The summed E-state index contributed by atoms with van der Waals surface area (Å²) in [4.78, 5) is 5.01. The number of rotatable bonds is 7. The number of ether oxygens (including phenoxy) is 3. The van der Waals surface area contributed by atoms with E-state index >= 15 is 0 Å². The van der Waals surface area contributed by atoms with Crippen LogP contribution in [0.2, 0.25) is 0 Å². The first kappa shape index (κ1) is 21.7. The topological polar surface area (TPSA) is 72.3 Å². The van der Waals surface area contributed by atoms with Crippen LogP contribution >= 0.6 is 0 Å². The van der Waals surface area contributed by atoms with E-state index in [-0.39, 0.29) is 18.0 Å². The Morgan fingerprint density at radius 3 is 2.44 bits per heavy atom. The van der Waals surface area contributed by atoms with Crippen molar-refractivity contribution >= 4 is 5.71 Å². The number of nitrogens with zero attached hydrogens (tertiary/aromatic N) is 1. The molecule has 32 heavy (non-hydrogen) atoms. The summed E-state index contributed by atoms with van der Waals surface area (Å²) in [5, 5.41) is 14.5. The van der Waals surface area contributed by atoms with E-state index in [1.54, 1.807) is 20.3 Å². The van der Waals surface area contributed by atoms with Crippen molar-refractivity contribution < 1.29 is 19.3 Å². The Kier molecular flexibility index (Phi) is 6.61. The highest BCUT2D eigenvalue weighted by Gasteiger charge is 2.28. The van der Waals surface area contributed by atoms with E-state index in [4.69, 9.17) is 19.2 Å². The number of hydrogen-bond acceptors (Lipinski definition) is 6. The zero-order valence-corrected chi connectivity index (χ0v) is 18.5. The average molecular weight is 433 g/mol. The minimum Gasteiger partial charge on any atom is -0.504 e. The Morgan fingerprint density at radius 1 is 0.969 bits per heavy atom. The minimum absolute atomic E-state index is 0.152. The van der Waals surface area contributed by atoms with Crippen LogP contribution in [0.15, 0.2) is 71.7 Å². The van der Waals surface area contributed by atoms with Gasteiger partial charge < -0.3 is 19.3 Å². The normalized spacial score (nSPS) is 18.0. The molecule has 1 aliphatic heterocycles. The summed E-state index contributed by atoms with van der Waals surface area (Å²) in [5.74, 6) is 2.21. The van der Waals surface area contributed by atoms with Gasteiger partial charge in [0, 0.05) is 23.7 Å². The molecule has 0 saturated heterocycles. The van der Waals surface area contributed by atoms with Gasteiger partial charge in [-0.2, -0.15) is 0 Å². The van der Waals surface area contributed by atoms with E-state index in [1.807, 2.05) is 67.6 Å². The lowest BCUT2D eigenvalue weighted by atomic mass is 9.93. The lowest BCUT2D eigenvalue weighted by Crippen LogP contribution is -2.33. The van der Waals surface area contributed by atoms with Crippen molar-refractivity contribution in [1.29, 1.82) is 0 Å². The SMILES string of the molecule is CCOc1cccc([C@@H]2CC(c3ccc(OC)cc3)=N[C@H](c3cccc(OC)c3)N2)c1O. The van der Waals surface area contributed by atoms with Crippen LogP contribution in [0.3, 0.4) is 0 Å². The first-order valence-electron chi connectivity index (χ1n) is 10.7. The van der Waals surface area contributed by atoms with Crippen LogP contribution < -0.4 is 19.5 Å². The van der Waals surface area contributed by atoms with Crippen molar-refractivity contribution in [3.05, 3.63) is 83.4 Å². The molecule has 0 aliphatic carbocycles. The van der Waals surface area contributed by atoms with Crippen LogP contribution in [-0.4, -0.2) is 31.6 Å². The van der Waals surface area contributed by atoms with Gasteiger partial charge in [-0.05, 0) is 60.5 Å². The Morgan fingerprint density at radius 2 is 1.72 bits per heavy atom. The molecule has 0 saturated carbocycles. The van der Waals surface area contributed by atoms with E-state index < -0.39 is 0 Å². The van der Waals surface area contributed by atoms with Gasteiger partial charge in [0.1, 0.15) is 17.7 Å². The van der Waals surface area contributed by atoms with Crippen LogP contribution in [0, 0.1) is 0 Å². The summed E-state index contributed by atoms with van der Waals surface area (Å²) in [5.41, 5.74) is 3.74. The maximum absolute atomic E-state index is 10.9. The summed E-state index contributed by atoms with van der Waals surface area (Å²) in [7, 11) is 3.31. The summed E-state index contributed by atoms with van der Waals surface area (Å²) in [6.07, 6.45) is 0.326. The Labute approximate surface area is 188 Å². The van der Waals surface area contributed by atoms with Crippen molar-refractivity contribution in [2.45, 2.75) is 25.6 Å². The fourth-order valence-electron chi connectivity index (χ4n) is 3.94. The van der Waals surface area contributed by atoms with Gasteiger partial charge in [-0.25, -0.2) is 0 Å². The number of aliphatic imine (C=N–C) groups is 1. The molecule has 0 radical (unpaired) electrons. The van der Waals surface area contributed by atoms with E-state index in [2.05, 4.69) is 5.32 Å². The molecule has 2 atom stereocenters. The van der Waals surface area contributed by atoms with Gasteiger partial charge in [-0.1, -0.05) is 24.3 Å². The number of para-hydroxylation sites is 1. The molecule has 0 bridgehead atoms. The van der Waals surface area contributed by atoms with Gasteiger partial charge in [-0.3, -0.25) is 10.3 Å². The summed E-state index contributed by atoms with van der Waals surface area (Å²) in [6.45, 7) is 2.39. The number of aromatic hydroxyl groups is 1. The second-order valence-corrected chi connectivity index (χ2v) is 7.53. The fraction of sp³-hybridized carbons (Fsp3) is 0.269. The predicted molar refractivity (Wildman–Crippen MR) is 125 cm³/mol. The molecule has 0 unspecified atom stereocenters. The fourth-order valence-corrected chi connectivity index (χ4v) is 3.94. The molecule has 3 aromatic rings. The standard InChI is InChI=1S/C26H28N2O4/c1-4-32-24-10-6-9-21(25(24)29)23-16-22(17-11-13-19(30-2)14-12-17)27-26(28-23)18-7-5-8-20(15-18)31-3/h5-15,23,26,28-29H,4,16H2,1-3H3/t23-,26-/m0/s1. The molecule has 1 heterocycles. The van der Waals surface area contributed by atoms with Crippen LogP contribution in [0.5, 0.6) is 23.0 Å². The largest absolute Gasteiger partial charge is 0.504 e. The molecule has 3 aromatic carbocycles. The van der Waals surface area contributed by atoms with Gasteiger partial charge in [0.25, 0.3) is 0 Å². The second-order valence-electron chi connectivity index (χ2n) is 7.53. The maximum Gasteiger partial charge on any atom is 0.162 e. The molecule has 0 fully saturated rings. The number of phenolic OH excluding ortho intramolecular Hbond substituents is 1. The van der Waals surface area contributed by atoms with Crippen LogP contribution in [-0.2, 0) is 0 Å². The van der Waals surface area contributed by atoms with Gasteiger partial charge >= 0.3 is 0 Å². The van der Waals surface area contributed by atoms with Gasteiger partial charge in [0.05, 0.1) is 20.8 Å². The molecule has 0 amide bonds. The maximum atomic E-state index is 10.9. The number of hydrogen-bond donors (Lipinski definition) is 2. The van der Waals surface area contributed by atoms with Crippen LogP contribution in [0.4, 0.5) is 0 Å². The van der Waals surface area contributed by atoms with E-state index in [0.717, 1.165) is 33.9 Å². The van der Waals surface area contributed by atoms with Crippen LogP contribution in [0.25, 0.3) is 0 Å².